The number of phenolic OH excluding ortho intramolecular Hbond substituents is 2. The minimum atomic E-state index is -1.23. The molecule has 2 rings (SSSR count). The number of methoxy groups -OCH3 is 1. The molecule has 7 N–H and O–H groups in total. The van der Waals surface area contributed by atoms with Crippen molar-refractivity contribution in [3.05, 3.63) is 57.6 Å². The summed E-state index contributed by atoms with van der Waals surface area (Å²) in [4.78, 5) is 66.0. The second-order valence-electron chi connectivity index (χ2n) is 7.89. The van der Waals surface area contributed by atoms with Gasteiger partial charge in [0.05, 0.1) is 35.4 Å². The van der Waals surface area contributed by atoms with Gasteiger partial charge in [-0.25, -0.2) is 0 Å². The first kappa shape index (κ1) is 39.0. The second-order valence-corrected chi connectivity index (χ2v) is 7.89. The van der Waals surface area contributed by atoms with Gasteiger partial charge in [-0.3, -0.25) is 34.1 Å². The Bertz CT molecular complexity index is 1270. The highest BCUT2D eigenvalue weighted by Gasteiger charge is 2.24. The molecule has 2 aromatic carbocycles. The number of ether oxygens (including phenoxy) is 1. The number of nitro groups is 1. The number of nitrogen functional groups attached to an aromatic ring is 1. The van der Waals surface area contributed by atoms with Crippen molar-refractivity contribution in [1.82, 2.24) is 15.1 Å². The molecule has 0 radical (unpaired) electrons. The molecule has 2 amide bonds. The number of hydrogen-bond acceptors (Lipinski definition) is 12. The van der Waals surface area contributed by atoms with Gasteiger partial charge in [-0.1, -0.05) is 12.1 Å². The van der Waals surface area contributed by atoms with Crippen LogP contribution in [0.2, 0.25) is 0 Å². The molecule has 0 bridgehead atoms. The standard InChI is InChI=1S/C10H10N2O6.C10H12N2O4.C4H9NO2.ClH/c1-11(5-8(13)14)10(16)6-3-2-4-7(9(6)15)12(17)18;1-12(5-8(13)14)10(16)6-3-2-4-7(11)9(6)15;1-5-3-4(6)7-2;/h2-4,15H,5H2,1H3,(H,13,14);2-4,15H,5,11H2,1H3,(H,13,14);5H,3H2,1-2H3;1H. The number of carboxylic acids is 2. The van der Waals surface area contributed by atoms with Crippen LogP contribution in [0, 0.1) is 10.1 Å². The maximum Gasteiger partial charge on any atom is 0.323 e. The minimum Gasteiger partial charge on any atom is -0.505 e. The smallest absolute Gasteiger partial charge is 0.323 e. The summed E-state index contributed by atoms with van der Waals surface area (Å²) < 4.78 is 4.29. The van der Waals surface area contributed by atoms with Crippen molar-refractivity contribution in [1.29, 1.82) is 0 Å². The Morgan fingerprint density at radius 3 is 1.69 bits per heavy atom. The van der Waals surface area contributed by atoms with Crippen LogP contribution in [0.5, 0.6) is 11.5 Å². The zero-order valence-corrected chi connectivity index (χ0v) is 23.8. The number of para-hydroxylation sites is 2. The van der Waals surface area contributed by atoms with Gasteiger partial charge < -0.3 is 46.0 Å². The Kier molecular flexibility index (Phi) is 17.6. The summed E-state index contributed by atoms with van der Waals surface area (Å²) in [5.41, 5.74) is 4.57. The Morgan fingerprint density at radius 1 is 0.905 bits per heavy atom. The van der Waals surface area contributed by atoms with E-state index in [0.29, 0.717) is 0 Å². The number of aliphatic carboxylic acids is 2. The van der Waals surface area contributed by atoms with Gasteiger partial charge in [-0.15, -0.1) is 12.4 Å². The molecule has 0 aliphatic heterocycles. The number of hydrogen-bond donors (Lipinski definition) is 6. The summed E-state index contributed by atoms with van der Waals surface area (Å²) in [6, 6.07) is 7.80. The number of benzene rings is 2. The van der Waals surface area contributed by atoms with Gasteiger partial charge in [-0.2, -0.15) is 0 Å². The fourth-order valence-electron chi connectivity index (χ4n) is 2.76. The molecular formula is C24H32ClN5O12. The van der Waals surface area contributed by atoms with Gasteiger partial charge in [0.15, 0.2) is 5.75 Å². The number of nitrogens with two attached hydrogens (primary N) is 1. The number of halogens is 1. The van der Waals surface area contributed by atoms with E-state index in [1.807, 2.05) is 0 Å². The lowest BCUT2D eigenvalue weighted by atomic mass is 10.1. The van der Waals surface area contributed by atoms with Gasteiger partial charge in [0.25, 0.3) is 11.8 Å². The second kappa shape index (κ2) is 19.0. The molecule has 232 valence electrons. The van der Waals surface area contributed by atoms with Gasteiger partial charge in [0.1, 0.15) is 13.1 Å². The van der Waals surface area contributed by atoms with Crippen LogP contribution >= 0.6 is 12.4 Å². The Hall–Kier alpha value is -5.16. The lowest BCUT2D eigenvalue weighted by Gasteiger charge is -2.15. The zero-order valence-electron chi connectivity index (χ0n) is 23.0. The van der Waals surface area contributed by atoms with Crippen LogP contribution in [-0.2, 0) is 19.1 Å². The van der Waals surface area contributed by atoms with Crippen molar-refractivity contribution < 1.29 is 54.1 Å². The fraction of sp³-hybridized carbons (Fsp3) is 0.292. The first-order valence-corrected chi connectivity index (χ1v) is 11.3. The number of nitro benzene ring substituents is 1. The molecule has 17 nitrogen and oxygen atoms in total. The van der Waals surface area contributed by atoms with Crippen LogP contribution in [0.1, 0.15) is 20.7 Å². The fourth-order valence-corrected chi connectivity index (χ4v) is 2.76. The van der Waals surface area contributed by atoms with Gasteiger partial charge in [-0.05, 0) is 25.2 Å². The number of nitrogens with zero attached hydrogens (tertiary/aromatic N) is 3. The maximum absolute atomic E-state index is 11.8. The molecule has 0 unspecified atom stereocenters. The molecule has 0 saturated heterocycles. The van der Waals surface area contributed by atoms with Gasteiger partial charge in [0.2, 0.25) is 5.75 Å². The van der Waals surface area contributed by atoms with Crippen molar-refractivity contribution in [2.45, 2.75) is 0 Å². The Labute approximate surface area is 245 Å². The summed E-state index contributed by atoms with van der Waals surface area (Å²) >= 11 is 0. The van der Waals surface area contributed by atoms with Crippen LogP contribution in [0.25, 0.3) is 0 Å². The first-order chi connectivity index (χ1) is 19.1. The number of esters is 1. The average molecular weight is 618 g/mol. The van der Waals surface area contributed by atoms with E-state index >= 15 is 0 Å². The van der Waals surface area contributed by atoms with Crippen LogP contribution < -0.4 is 11.1 Å². The largest absolute Gasteiger partial charge is 0.505 e. The molecule has 42 heavy (non-hydrogen) atoms. The van der Waals surface area contributed by atoms with E-state index in [4.69, 9.17) is 15.9 Å². The highest BCUT2D eigenvalue weighted by molar-refractivity contribution is 6.00. The average Bonchev–Trinajstić information content (AvgIpc) is 2.89. The molecule has 0 aliphatic rings. The van der Waals surface area contributed by atoms with E-state index in [-0.39, 0.29) is 47.5 Å². The summed E-state index contributed by atoms with van der Waals surface area (Å²) in [5.74, 6) is -5.09. The van der Waals surface area contributed by atoms with Crippen LogP contribution in [0.3, 0.4) is 0 Å². The van der Waals surface area contributed by atoms with E-state index in [0.717, 1.165) is 15.9 Å². The van der Waals surface area contributed by atoms with Gasteiger partial charge in [0, 0.05) is 20.2 Å². The van der Waals surface area contributed by atoms with E-state index in [1.54, 1.807) is 7.05 Å². The number of amides is 2. The molecule has 0 atom stereocenters. The van der Waals surface area contributed by atoms with E-state index in [2.05, 4.69) is 10.1 Å². The quantitative estimate of drug-likeness (QED) is 0.0730. The van der Waals surface area contributed by atoms with Gasteiger partial charge >= 0.3 is 23.6 Å². The number of carbonyl (C=O) groups is 5. The summed E-state index contributed by atoms with van der Waals surface area (Å²) in [6.07, 6.45) is 0. The van der Waals surface area contributed by atoms with Crippen LogP contribution in [-0.4, -0.2) is 113 Å². The van der Waals surface area contributed by atoms with Crippen molar-refractivity contribution in [3.8, 4) is 11.5 Å². The predicted octanol–water partition coefficient (Wildman–Crippen LogP) is 0.389. The lowest BCUT2D eigenvalue weighted by molar-refractivity contribution is -0.385. The summed E-state index contributed by atoms with van der Waals surface area (Å²) in [7, 11) is 5.60. The van der Waals surface area contributed by atoms with E-state index in [9.17, 15) is 44.3 Å². The third-order valence-electron chi connectivity index (χ3n) is 4.73. The number of anilines is 1. The number of rotatable bonds is 9. The normalized spacial score (nSPS) is 9.33. The molecular weight excluding hydrogens is 586 g/mol. The number of aromatic hydroxyl groups is 2. The number of carbonyl (C=O) groups excluding carboxylic acids is 3. The van der Waals surface area contributed by atoms with Crippen molar-refractivity contribution in [2.75, 3.05) is 53.6 Å². The molecule has 0 saturated carbocycles. The molecule has 0 fully saturated rings. The summed E-state index contributed by atoms with van der Waals surface area (Å²) in [5, 5.41) is 49.4. The number of nitrogens with one attached hydrogen (secondary N) is 1. The highest BCUT2D eigenvalue weighted by Crippen LogP contribution is 2.30. The first-order valence-electron chi connectivity index (χ1n) is 11.3. The predicted molar refractivity (Wildman–Crippen MR) is 150 cm³/mol. The number of likely N-dealkylation sites (N-methyl/N-ethyl adjacent to an activating group) is 3. The van der Waals surface area contributed by atoms with Crippen molar-refractivity contribution >= 4 is 53.5 Å². The van der Waals surface area contributed by atoms with E-state index < -0.39 is 53.2 Å². The molecule has 0 heterocycles. The number of carboxylic acid groups (broad SMARTS) is 2. The Balaban J connectivity index is 0. The third-order valence-corrected chi connectivity index (χ3v) is 4.73. The van der Waals surface area contributed by atoms with Crippen LogP contribution in [0.15, 0.2) is 36.4 Å². The topological polar surface area (TPSA) is 263 Å². The van der Waals surface area contributed by atoms with Crippen LogP contribution in [0.4, 0.5) is 11.4 Å². The Morgan fingerprint density at radius 2 is 1.33 bits per heavy atom. The van der Waals surface area contributed by atoms with Crippen molar-refractivity contribution in [2.24, 2.45) is 0 Å². The lowest BCUT2D eigenvalue weighted by Crippen LogP contribution is -2.32. The zero-order chi connectivity index (χ0) is 31.9. The summed E-state index contributed by atoms with van der Waals surface area (Å²) in [6.45, 7) is -0.718. The molecule has 18 heteroatoms. The van der Waals surface area contributed by atoms with Crippen molar-refractivity contribution in [3.63, 3.8) is 0 Å². The highest BCUT2D eigenvalue weighted by atomic mass is 35.5. The number of phenols is 2. The van der Waals surface area contributed by atoms with E-state index in [1.165, 1.54) is 51.5 Å². The maximum atomic E-state index is 11.8. The third kappa shape index (κ3) is 12.8. The molecule has 0 aliphatic carbocycles. The monoisotopic (exact) mass is 617 g/mol. The molecule has 2 aromatic rings. The SMILES string of the molecule is CN(CC(=O)O)C(=O)c1cccc(N)c1O.CN(CC(=O)O)C(=O)c1cccc([N+](=O)[O-])c1O.CNCC(=O)OC.Cl. The minimum absolute atomic E-state index is 0. The molecule has 0 spiro atoms. The molecule has 0 aromatic heterocycles.